The van der Waals surface area contributed by atoms with E-state index in [0.29, 0.717) is 6.54 Å². The Balaban J connectivity index is 2.78. The molecule has 0 aliphatic heterocycles. The summed E-state index contributed by atoms with van der Waals surface area (Å²) in [5.41, 5.74) is 0. The standard InChI is InChI=1S/C6H10N2O3S/c1-3-8-5-6(4-7-8)11-12(2,9)10/h4-5H,3H2,1-2H3. The van der Waals surface area contributed by atoms with Crippen LogP contribution in [-0.2, 0) is 16.7 Å². The molecule has 6 heteroatoms. The maximum atomic E-state index is 10.6. The van der Waals surface area contributed by atoms with Gasteiger partial charge in [-0.15, -0.1) is 0 Å². The molecule has 1 aromatic heterocycles. The second-order valence-corrected chi connectivity index (χ2v) is 3.89. The lowest BCUT2D eigenvalue weighted by Crippen LogP contribution is -2.04. The van der Waals surface area contributed by atoms with Gasteiger partial charge in [0.2, 0.25) is 0 Å². The molecule has 0 saturated carbocycles. The van der Waals surface area contributed by atoms with Crippen molar-refractivity contribution in [2.45, 2.75) is 13.5 Å². The highest BCUT2D eigenvalue weighted by Crippen LogP contribution is 2.09. The lowest BCUT2D eigenvalue weighted by molar-refractivity contribution is 0.492. The number of aryl methyl sites for hydroxylation is 1. The Kier molecular flexibility index (Phi) is 2.37. The summed E-state index contributed by atoms with van der Waals surface area (Å²) in [6, 6.07) is 0. The van der Waals surface area contributed by atoms with Crippen LogP contribution in [0.1, 0.15) is 6.92 Å². The van der Waals surface area contributed by atoms with Gasteiger partial charge in [-0.25, -0.2) is 0 Å². The first-order valence-corrected chi connectivity index (χ1v) is 5.25. The largest absolute Gasteiger partial charge is 0.379 e. The zero-order valence-electron chi connectivity index (χ0n) is 6.89. The van der Waals surface area contributed by atoms with E-state index in [4.69, 9.17) is 0 Å². The molecule has 0 aliphatic carbocycles. The molecule has 12 heavy (non-hydrogen) atoms. The molecule has 0 fully saturated rings. The highest BCUT2D eigenvalue weighted by Gasteiger charge is 2.05. The topological polar surface area (TPSA) is 61.2 Å². The first kappa shape index (κ1) is 9.05. The Hall–Kier alpha value is -1.04. The number of rotatable bonds is 3. The van der Waals surface area contributed by atoms with E-state index in [9.17, 15) is 8.42 Å². The van der Waals surface area contributed by atoms with Crippen LogP contribution < -0.4 is 4.18 Å². The zero-order chi connectivity index (χ0) is 9.19. The fraction of sp³-hybridized carbons (Fsp3) is 0.500. The molecule has 0 radical (unpaired) electrons. The van der Waals surface area contributed by atoms with Crippen LogP contribution >= 0.6 is 0 Å². The Labute approximate surface area is 71.1 Å². The lowest BCUT2D eigenvalue weighted by Gasteiger charge is -1.96. The van der Waals surface area contributed by atoms with Crippen molar-refractivity contribution >= 4 is 10.1 Å². The fourth-order valence-electron chi connectivity index (χ4n) is 0.735. The maximum Gasteiger partial charge on any atom is 0.306 e. The van der Waals surface area contributed by atoms with Crippen LogP contribution in [-0.4, -0.2) is 24.5 Å². The molecule has 0 amide bonds. The average Bonchev–Trinajstić information content (AvgIpc) is 2.32. The van der Waals surface area contributed by atoms with Gasteiger partial charge in [0.05, 0.1) is 18.6 Å². The van der Waals surface area contributed by atoms with Crippen LogP contribution in [0.2, 0.25) is 0 Å². The van der Waals surface area contributed by atoms with Crippen molar-refractivity contribution < 1.29 is 12.6 Å². The van der Waals surface area contributed by atoms with Crippen molar-refractivity contribution in [1.29, 1.82) is 0 Å². The van der Waals surface area contributed by atoms with E-state index in [1.807, 2.05) is 6.92 Å². The van der Waals surface area contributed by atoms with Crippen LogP contribution in [0.15, 0.2) is 12.4 Å². The van der Waals surface area contributed by atoms with Gasteiger partial charge in [-0.05, 0) is 6.92 Å². The molecule has 5 nitrogen and oxygen atoms in total. The zero-order valence-corrected chi connectivity index (χ0v) is 7.71. The maximum absolute atomic E-state index is 10.6. The van der Waals surface area contributed by atoms with Crippen molar-refractivity contribution in [3.05, 3.63) is 12.4 Å². The lowest BCUT2D eigenvalue weighted by atomic mass is 10.6. The number of hydrogen-bond donors (Lipinski definition) is 0. The summed E-state index contributed by atoms with van der Waals surface area (Å²) >= 11 is 0. The smallest absolute Gasteiger partial charge is 0.306 e. The van der Waals surface area contributed by atoms with Crippen LogP contribution in [0, 0.1) is 0 Å². The average molecular weight is 190 g/mol. The van der Waals surface area contributed by atoms with Crippen LogP contribution in [0.4, 0.5) is 0 Å². The first-order valence-electron chi connectivity index (χ1n) is 3.43. The van der Waals surface area contributed by atoms with Gasteiger partial charge < -0.3 is 4.18 Å². The van der Waals surface area contributed by atoms with Crippen molar-refractivity contribution in [1.82, 2.24) is 9.78 Å². The molecule has 0 aliphatic rings. The van der Waals surface area contributed by atoms with Gasteiger partial charge >= 0.3 is 10.1 Å². The highest BCUT2D eigenvalue weighted by atomic mass is 32.2. The highest BCUT2D eigenvalue weighted by molar-refractivity contribution is 7.86. The number of aromatic nitrogens is 2. The monoisotopic (exact) mass is 190 g/mol. The quantitative estimate of drug-likeness (QED) is 0.640. The summed E-state index contributed by atoms with van der Waals surface area (Å²) in [6.45, 7) is 2.59. The molecule has 0 spiro atoms. The van der Waals surface area contributed by atoms with Gasteiger partial charge in [0.25, 0.3) is 0 Å². The summed E-state index contributed by atoms with van der Waals surface area (Å²) in [4.78, 5) is 0. The third-order valence-corrected chi connectivity index (χ3v) is 1.68. The number of nitrogens with zero attached hydrogens (tertiary/aromatic N) is 2. The van der Waals surface area contributed by atoms with Crippen molar-refractivity contribution in [2.75, 3.05) is 6.26 Å². The molecule has 0 aromatic carbocycles. The predicted octanol–water partition coefficient (Wildman–Crippen LogP) is 0.241. The Morgan fingerprint density at radius 2 is 2.33 bits per heavy atom. The summed E-state index contributed by atoms with van der Waals surface area (Å²) in [5.74, 6) is 0.249. The van der Waals surface area contributed by atoms with Crippen LogP contribution in [0.3, 0.4) is 0 Å². The summed E-state index contributed by atoms with van der Waals surface area (Å²) in [6.07, 6.45) is 3.89. The van der Waals surface area contributed by atoms with Crippen molar-refractivity contribution in [2.24, 2.45) is 0 Å². The van der Waals surface area contributed by atoms with E-state index >= 15 is 0 Å². The molecule has 0 atom stereocenters. The van der Waals surface area contributed by atoms with E-state index in [1.165, 1.54) is 12.4 Å². The van der Waals surface area contributed by atoms with Gasteiger partial charge in [-0.2, -0.15) is 13.5 Å². The minimum absolute atomic E-state index is 0.249. The van der Waals surface area contributed by atoms with Crippen LogP contribution in [0.5, 0.6) is 5.75 Å². The Morgan fingerprint density at radius 1 is 1.67 bits per heavy atom. The minimum atomic E-state index is -3.43. The second-order valence-electron chi connectivity index (χ2n) is 2.32. The molecule has 0 bridgehead atoms. The summed E-state index contributed by atoms with van der Waals surface area (Å²) in [5, 5.41) is 3.85. The second kappa shape index (κ2) is 3.14. The third-order valence-electron chi connectivity index (χ3n) is 1.18. The summed E-state index contributed by atoms with van der Waals surface area (Å²) < 4.78 is 27.4. The van der Waals surface area contributed by atoms with Crippen molar-refractivity contribution in [3.8, 4) is 5.75 Å². The normalized spacial score (nSPS) is 11.5. The Morgan fingerprint density at radius 3 is 2.75 bits per heavy atom. The third kappa shape index (κ3) is 2.54. The number of hydrogen-bond acceptors (Lipinski definition) is 4. The molecular formula is C6H10N2O3S. The van der Waals surface area contributed by atoms with Gasteiger partial charge in [0, 0.05) is 6.54 Å². The van der Waals surface area contributed by atoms with Gasteiger partial charge in [0.15, 0.2) is 5.75 Å². The molecule has 0 unspecified atom stereocenters. The molecule has 68 valence electrons. The van der Waals surface area contributed by atoms with E-state index in [1.54, 1.807) is 4.68 Å². The molecule has 1 rings (SSSR count). The first-order chi connectivity index (χ1) is 5.51. The molecule has 0 N–H and O–H groups in total. The Bertz CT molecular complexity index is 355. The van der Waals surface area contributed by atoms with E-state index in [-0.39, 0.29) is 5.75 Å². The van der Waals surface area contributed by atoms with E-state index in [0.717, 1.165) is 6.26 Å². The fourth-order valence-corrected chi connectivity index (χ4v) is 1.17. The molecule has 1 aromatic rings. The van der Waals surface area contributed by atoms with Crippen molar-refractivity contribution in [3.63, 3.8) is 0 Å². The molecule has 0 saturated heterocycles. The summed E-state index contributed by atoms with van der Waals surface area (Å²) in [7, 11) is -3.43. The predicted molar refractivity (Wildman–Crippen MR) is 43.4 cm³/mol. The van der Waals surface area contributed by atoms with Gasteiger partial charge in [-0.3, -0.25) is 4.68 Å². The minimum Gasteiger partial charge on any atom is -0.379 e. The van der Waals surface area contributed by atoms with Gasteiger partial charge in [-0.1, -0.05) is 0 Å². The SMILES string of the molecule is CCn1cc(OS(C)(=O)=O)cn1. The van der Waals surface area contributed by atoms with Crippen LogP contribution in [0.25, 0.3) is 0 Å². The van der Waals surface area contributed by atoms with E-state index in [2.05, 4.69) is 9.28 Å². The van der Waals surface area contributed by atoms with Gasteiger partial charge in [0.1, 0.15) is 0 Å². The van der Waals surface area contributed by atoms with E-state index < -0.39 is 10.1 Å². The molecular weight excluding hydrogens is 180 g/mol. The molecule has 1 heterocycles.